The molecule has 142 valence electrons. The zero-order valence-electron chi connectivity index (χ0n) is 14.9. The van der Waals surface area contributed by atoms with Crippen LogP contribution in [0.2, 0.25) is 0 Å². The second kappa shape index (κ2) is 6.27. The first kappa shape index (κ1) is 17.9. The molecule has 0 bridgehead atoms. The number of aliphatic hydroxyl groups is 1. The maximum absolute atomic E-state index is 13.8. The van der Waals surface area contributed by atoms with Gasteiger partial charge in [-0.05, 0) is 37.9 Å². The Labute approximate surface area is 152 Å². The fraction of sp³-hybridized carbons (Fsp3) is 0.650. The molecule has 0 aromatic heterocycles. The summed E-state index contributed by atoms with van der Waals surface area (Å²) in [6, 6.07) is 8.63. The number of halogens is 2. The Morgan fingerprint density at radius 2 is 1.81 bits per heavy atom. The molecule has 1 unspecified atom stereocenters. The third kappa shape index (κ3) is 2.93. The summed E-state index contributed by atoms with van der Waals surface area (Å²) in [5.41, 5.74) is -1.30. The Bertz CT molecular complexity index is 668. The Morgan fingerprint density at radius 1 is 1.15 bits per heavy atom. The van der Waals surface area contributed by atoms with Crippen LogP contribution in [0.3, 0.4) is 0 Å². The molecule has 0 radical (unpaired) electrons. The minimum Gasteiger partial charge on any atom is -0.375 e. The molecule has 3 fully saturated rings. The normalized spacial score (nSPS) is 29.2. The summed E-state index contributed by atoms with van der Waals surface area (Å²) in [6.07, 6.45) is 1.49. The van der Waals surface area contributed by atoms with Crippen molar-refractivity contribution in [2.24, 2.45) is 11.3 Å². The van der Waals surface area contributed by atoms with Crippen LogP contribution in [0.5, 0.6) is 0 Å². The quantitative estimate of drug-likeness (QED) is 0.867. The molecule has 3 aliphatic rings. The third-order valence-corrected chi connectivity index (χ3v) is 6.54. The van der Waals surface area contributed by atoms with Gasteiger partial charge in [0, 0.05) is 37.3 Å². The molecular weight excluding hydrogens is 338 g/mol. The van der Waals surface area contributed by atoms with E-state index >= 15 is 0 Å². The molecule has 1 aliphatic carbocycles. The molecule has 1 spiro atoms. The SMILES string of the molecule is O=C(N1CC2(CCNCC2)C1)[C@@](O)(c1ccccc1)C1CCC(F)(F)C1. The number of carbonyl (C=O) groups excluding carboxylic acids is 1. The van der Waals surface area contributed by atoms with E-state index in [9.17, 15) is 18.7 Å². The van der Waals surface area contributed by atoms with Gasteiger partial charge in [-0.2, -0.15) is 0 Å². The van der Waals surface area contributed by atoms with Gasteiger partial charge >= 0.3 is 0 Å². The summed E-state index contributed by atoms with van der Waals surface area (Å²) >= 11 is 0. The van der Waals surface area contributed by atoms with Gasteiger partial charge < -0.3 is 15.3 Å². The van der Waals surface area contributed by atoms with Gasteiger partial charge in [0.1, 0.15) is 0 Å². The van der Waals surface area contributed by atoms with Crippen molar-refractivity contribution < 1.29 is 18.7 Å². The molecule has 4 rings (SSSR count). The van der Waals surface area contributed by atoms with E-state index in [1.165, 1.54) is 0 Å². The van der Waals surface area contributed by atoms with Crippen LogP contribution in [0.4, 0.5) is 8.78 Å². The second-order valence-corrected chi connectivity index (χ2v) is 8.34. The highest BCUT2D eigenvalue weighted by atomic mass is 19.3. The Balaban J connectivity index is 1.58. The highest BCUT2D eigenvalue weighted by molar-refractivity contribution is 5.87. The van der Waals surface area contributed by atoms with Crippen molar-refractivity contribution >= 4 is 5.91 Å². The largest absolute Gasteiger partial charge is 0.375 e. The van der Waals surface area contributed by atoms with Gasteiger partial charge in [-0.3, -0.25) is 4.79 Å². The molecular formula is C20H26F2N2O2. The number of hydrogen-bond donors (Lipinski definition) is 2. The van der Waals surface area contributed by atoms with E-state index in [4.69, 9.17) is 0 Å². The number of nitrogens with one attached hydrogen (secondary N) is 1. The monoisotopic (exact) mass is 364 g/mol. The first-order valence-corrected chi connectivity index (χ1v) is 9.51. The smallest absolute Gasteiger partial charge is 0.259 e. The van der Waals surface area contributed by atoms with Crippen molar-refractivity contribution in [3.63, 3.8) is 0 Å². The van der Waals surface area contributed by atoms with Gasteiger partial charge in [0.05, 0.1) is 0 Å². The predicted octanol–water partition coefficient (Wildman–Crippen LogP) is 2.52. The molecule has 6 heteroatoms. The molecule has 1 aromatic carbocycles. The van der Waals surface area contributed by atoms with Gasteiger partial charge in [0.25, 0.3) is 5.91 Å². The van der Waals surface area contributed by atoms with Gasteiger partial charge in [-0.1, -0.05) is 30.3 Å². The number of piperidine rings is 1. The van der Waals surface area contributed by atoms with E-state index in [0.29, 0.717) is 18.7 Å². The van der Waals surface area contributed by atoms with E-state index in [1.807, 2.05) is 0 Å². The van der Waals surface area contributed by atoms with Crippen LogP contribution < -0.4 is 5.32 Å². The Kier molecular flexibility index (Phi) is 4.31. The number of benzene rings is 1. The lowest BCUT2D eigenvalue weighted by Gasteiger charge is -2.54. The average Bonchev–Trinajstić information content (AvgIpc) is 3.00. The number of amides is 1. The Hall–Kier alpha value is -1.53. The summed E-state index contributed by atoms with van der Waals surface area (Å²) in [4.78, 5) is 15.0. The van der Waals surface area contributed by atoms with Crippen molar-refractivity contribution in [2.45, 2.75) is 43.6 Å². The van der Waals surface area contributed by atoms with E-state index < -0.39 is 29.8 Å². The van der Waals surface area contributed by atoms with E-state index in [1.54, 1.807) is 35.2 Å². The van der Waals surface area contributed by atoms with Crippen LogP contribution >= 0.6 is 0 Å². The molecule has 26 heavy (non-hydrogen) atoms. The zero-order valence-corrected chi connectivity index (χ0v) is 14.9. The van der Waals surface area contributed by atoms with Gasteiger partial charge in [-0.25, -0.2) is 8.78 Å². The van der Waals surface area contributed by atoms with E-state index in [0.717, 1.165) is 25.9 Å². The van der Waals surface area contributed by atoms with E-state index in [2.05, 4.69) is 5.32 Å². The minimum atomic E-state index is -2.81. The van der Waals surface area contributed by atoms with Crippen molar-refractivity contribution in [2.75, 3.05) is 26.2 Å². The molecule has 2 aliphatic heterocycles. The number of carbonyl (C=O) groups is 1. The molecule has 1 aromatic rings. The number of likely N-dealkylation sites (tertiary alicyclic amines) is 1. The molecule has 4 nitrogen and oxygen atoms in total. The average molecular weight is 364 g/mol. The fourth-order valence-corrected chi connectivity index (χ4v) is 4.95. The number of nitrogens with zero attached hydrogens (tertiary/aromatic N) is 1. The van der Waals surface area contributed by atoms with Gasteiger partial charge in [-0.15, -0.1) is 0 Å². The number of hydrogen-bond acceptors (Lipinski definition) is 3. The van der Waals surface area contributed by atoms with Crippen LogP contribution in [0.25, 0.3) is 0 Å². The number of rotatable bonds is 3. The summed E-state index contributed by atoms with van der Waals surface area (Å²) < 4.78 is 27.7. The lowest BCUT2D eigenvalue weighted by Crippen LogP contribution is -2.65. The highest BCUT2D eigenvalue weighted by Gasteiger charge is 2.57. The minimum absolute atomic E-state index is 0.137. The molecule has 1 saturated carbocycles. The van der Waals surface area contributed by atoms with Crippen LogP contribution in [-0.4, -0.2) is 48.0 Å². The third-order valence-electron chi connectivity index (χ3n) is 6.54. The van der Waals surface area contributed by atoms with Crippen LogP contribution in [-0.2, 0) is 10.4 Å². The highest BCUT2D eigenvalue weighted by Crippen LogP contribution is 2.49. The summed E-state index contributed by atoms with van der Waals surface area (Å²) in [5.74, 6) is -3.97. The van der Waals surface area contributed by atoms with E-state index in [-0.39, 0.29) is 18.3 Å². The molecule has 1 amide bonds. The van der Waals surface area contributed by atoms with Crippen molar-refractivity contribution in [3.05, 3.63) is 35.9 Å². The molecule has 2 heterocycles. The van der Waals surface area contributed by atoms with Crippen LogP contribution in [0.15, 0.2) is 30.3 Å². The standard InChI is InChI=1S/C20H26F2N2O2/c21-19(22)7-6-16(12-19)20(26,15-4-2-1-3-5-15)17(25)24-13-18(14-24)8-10-23-11-9-18/h1-5,16,23,26H,6-14H2/t16?,20-/m1/s1. The fourth-order valence-electron chi connectivity index (χ4n) is 4.95. The molecule has 2 N–H and O–H groups in total. The summed E-state index contributed by atoms with van der Waals surface area (Å²) in [5, 5.41) is 14.8. The molecule has 2 saturated heterocycles. The summed E-state index contributed by atoms with van der Waals surface area (Å²) in [6.45, 7) is 3.12. The number of alkyl halides is 2. The maximum Gasteiger partial charge on any atom is 0.259 e. The van der Waals surface area contributed by atoms with Crippen molar-refractivity contribution in [1.29, 1.82) is 0 Å². The first-order chi connectivity index (χ1) is 12.3. The first-order valence-electron chi connectivity index (χ1n) is 9.51. The van der Waals surface area contributed by atoms with Crippen molar-refractivity contribution in [1.82, 2.24) is 10.2 Å². The second-order valence-electron chi connectivity index (χ2n) is 8.34. The zero-order chi connectivity index (χ0) is 18.4. The van der Waals surface area contributed by atoms with Crippen LogP contribution in [0, 0.1) is 11.3 Å². The molecule has 2 atom stereocenters. The summed E-state index contributed by atoms with van der Waals surface area (Å²) in [7, 11) is 0. The predicted molar refractivity (Wildman–Crippen MR) is 93.7 cm³/mol. The van der Waals surface area contributed by atoms with Crippen molar-refractivity contribution in [3.8, 4) is 0 Å². The van der Waals surface area contributed by atoms with Gasteiger partial charge in [0.2, 0.25) is 5.92 Å². The topological polar surface area (TPSA) is 52.6 Å². The maximum atomic E-state index is 13.8. The van der Waals surface area contributed by atoms with Gasteiger partial charge in [0.15, 0.2) is 5.60 Å². The lowest BCUT2D eigenvalue weighted by atomic mass is 9.70. The lowest BCUT2D eigenvalue weighted by molar-refractivity contribution is -0.174. The van der Waals surface area contributed by atoms with Crippen LogP contribution in [0.1, 0.15) is 37.7 Å². The Morgan fingerprint density at radius 3 is 2.38 bits per heavy atom.